The van der Waals surface area contributed by atoms with Crippen molar-refractivity contribution >= 4 is 5.69 Å². The van der Waals surface area contributed by atoms with Crippen molar-refractivity contribution in [3.63, 3.8) is 0 Å². The molecule has 0 saturated heterocycles. The Morgan fingerprint density at radius 1 is 1.45 bits per heavy atom. The zero-order valence-electron chi connectivity index (χ0n) is 5.60. The van der Waals surface area contributed by atoms with Gasteiger partial charge in [-0.1, -0.05) is 12.1 Å². The summed E-state index contributed by atoms with van der Waals surface area (Å²) in [5.41, 5.74) is -0.0185. The second-order valence-corrected chi connectivity index (χ2v) is 1.86. The van der Waals surface area contributed by atoms with Gasteiger partial charge in [0.05, 0.1) is 5.69 Å². The van der Waals surface area contributed by atoms with E-state index >= 15 is 0 Å². The Morgan fingerprint density at radius 3 is 2.55 bits per heavy atom. The van der Waals surface area contributed by atoms with Gasteiger partial charge in [0.1, 0.15) is 0 Å². The summed E-state index contributed by atoms with van der Waals surface area (Å²) in [5, 5.41) is 18.5. The maximum Gasteiger partial charge on any atom is 0.171 e. The lowest BCUT2D eigenvalue weighted by atomic mass is 10.3. The van der Waals surface area contributed by atoms with Crippen molar-refractivity contribution in [2.24, 2.45) is 5.90 Å². The molecule has 0 amide bonds. The molecule has 0 radical (unpaired) electrons. The van der Waals surface area contributed by atoms with Gasteiger partial charge in [0, 0.05) is 0 Å². The molecule has 0 unspecified atom stereocenters. The second-order valence-electron chi connectivity index (χ2n) is 1.86. The highest BCUT2D eigenvalue weighted by molar-refractivity contribution is 5.56. The van der Waals surface area contributed by atoms with Gasteiger partial charge in [-0.15, -0.1) is 0 Å². The second kappa shape index (κ2) is 3.20. The number of benzene rings is 1. The number of hydrogen-bond acceptors (Lipinski definition) is 5. The van der Waals surface area contributed by atoms with E-state index in [1.165, 1.54) is 12.1 Å². The molecule has 0 bridgehead atoms. The third-order valence-corrected chi connectivity index (χ3v) is 1.20. The SMILES string of the molecule is NOc1ccccc1N([O-])O. The fourth-order valence-corrected chi connectivity index (χ4v) is 0.715. The monoisotopic (exact) mass is 155 g/mol. The first-order valence-corrected chi connectivity index (χ1v) is 2.87. The lowest BCUT2D eigenvalue weighted by molar-refractivity contribution is 0.282. The fraction of sp³-hybridized carbons (Fsp3) is 0. The molecule has 1 aromatic carbocycles. The van der Waals surface area contributed by atoms with Crippen molar-refractivity contribution in [1.29, 1.82) is 0 Å². The first kappa shape index (κ1) is 7.80. The summed E-state index contributed by atoms with van der Waals surface area (Å²) < 4.78 is 0. The van der Waals surface area contributed by atoms with Gasteiger partial charge in [0.25, 0.3) is 0 Å². The minimum absolute atomic E-state index is 0.0185. The fourth-order valence-electron chi connectivity index (χ4n) is 0.715. The number of anilines is 1. The van der Waals surface area contributed by atoms with Crippen LogP contribution in [0.2, 0.25) is 0 Å². The molecule has 0 saturated carbocycles. The van der Waals surface area contributed by atoms with Gasteiger partial charge < -0.3 is 15.3 Å². The van der Waals surface area contributed by atoms with E-state index in [-0.39, 0.29) is 16.7 Å². The maximum absolute atomic E-state index is 10.4. The van der Waals surface area contributed by atoms with Gasteiger partial charge in [-0.05, 0) is 12.1 Å². The van der Waals surface area contributed by atoms with Crippen LogP contribution in [-0.2, 0) is 0 Å². The number of para-hydroxylation sites is 2. The molecule has 0 aromatic heterocycles. The summed E-state index contributed by atoms with van der Waals surface area (Å²) in [6.45, 7) is 0. The molecule has 0 heterocycles. The van der Waals surface area contributed by atoms with Gasteiger partial charge in [-0.3, -0.25) is 5.21 Å². The van der Waals surface area contributed by atoms with E-state index in [2.05, 4.69) is 4.84 Å². The Balaban J connectivity index is 3.02. The first-order valence-electron chi connectivity index (χ1n) is 2.87. The summed E-state index contributed by atoms with van der Waals surface area (Å²) >= 11 is 0. The van der Waals surface area contributed by atoms with E-state index in [0.717, 1.165) is 0 Å². The molecule has 1 rings (SSSR count). The van der Waals surface area contributed by atoms with Crippen molar-refractivity contribution in [2.75, 3.05) is 5.23 Å². The van der Waals surface area contributed by atoms with Gasteiger partial charge >= 0.3 is 0 Å². The molecule has 5 heteroatoms. The molecule has 11 heavy (non-hydrogen) atoms. The van der Waals surface area contributed by atoms with E-state index in [4.69, 9.17) is 11.1 Å². The van der Waals surface area contributed by atoms with Crippen molar-refractivity contribution in [3.05, 3.63) is 29.5 Å². The zero-order chi connectivity index (χ0) is 8.27. The minimum Gasteiger partial charge on any atom is -0.733 e. The molecule has 1 aromatic rings. The molecule has 0 aliphatic rings. The highest BCUT2D eigenvalue weighted by atomic mass is 16.8. The Hall–Kier alpha value is -1.30. The van der Waals surface area contributed by atoms with Gasteiger partial charge in [0.15, 0.2) is 5.75 Å². The van der Waals surface area contributed by atoms with E-state index in [9.17, 15) is 5.21 Å². The van der Waals surface area contributed by atoms with Crippen LogP contribution in [0, 0.1) is 5.21 Å². The molecule has 0 aliphatic carbocycles. The maximum atomic E-state index is 10.4. The molecule has 3 N–H and O–H groups in total. The number of hydrogen-bond donors (Lipinski definition) is 2. The lowest BCUT2D eigenvalue weighted by Gasteiger charge is -2.22. The topological polar surface area (TPSA) is 81.8 Å². The predicted octanol–water partition coefficient (Wildman–Crippen LogP) is 0.633. The summed E-state index contributed by atoms with van der Waals surface area (Å²) in [6.07, 6.45) is 0. The van der Waals surface area contributed by atoms with Crippen molar-refractivity contribution in [1.82, 2.24) is 0 Å². The predicted molar refractivity (Wildman–Crippen MR) is 38.9 cm³/mol. The standard InChI is InChI=1S/C6H7N2O3/c7-11-6-4-2-1-3-5(6)8(9)10/h1-4,9H,7H2/q-1. The van der Waals surface area contributed by atoms with Crippen LogP contribution in [0.15, 0.2) is 24.3 Å². The number of rotatable bonds is 2. The highest BCUT2D eigenvalue weighted by Crippen LogP contribution is 2.24. The van der Waals surface area contributed by atoms with Crippen LogP contribution in [0.25, 0.3) is 0 Å². The summed E-state index contributed by atoms with van der Waals surface area (Å²) in [4.78, 5) is 4.30. The summed E-state index contributed by atoms with van der Waals surface area (Å²) in [6, 6.07) is 6.07. The molecule has 5 nitrogen and oxygen atoms in total. The number of nitrogens with zero attached hydrogens (tertiary/aromatic N) is 1. The van der Waals surface area contributed by atoms with E-state index in [1.807, 2.05) is 0 Å². The molecular formula is C6H7N2O3-. The smallest absolute Gasteiger partial charge is 0.171 e. The Labute approximate surface area is 63.1 Å². The lowest BCUT2D eigenvalue weighted by Crippen LogP contribution is -2.11. The van der Waals surface area contributed by atoms with Gasteiger partial charge in [0.2, 0.25) is 0 Å². The summed E-state index contributed by atoms with van der Waals surface area (Å²) in [5.74, 6) is 4.94. The molecular weight excluding hydrogens is 148 g/mol. The molecule has 0 spiro atoms. The van der Waals surface area contributed by atoms with Crippen LogP contribution in [0.1, 0.15) is 0 Å². The van der Waals surface area contributed by atoms with Crippen LogP contribution in [0.3, 0.4) is 0 Å². The Kier molecular flexibility index (Phi) is 2.27. The van der Waals surface area contributed by atoms with E-state index in [0.29, 0.717) is 0 Å². The molecule has 0 atom stereocenters. The highest BCUT2D eigenvalue weighted by Gasteiger charge is 2.00. The Morgan fingerprint density at radius 2 is 2.09 bits per heavy atom. The molecule has 0 aliphatic heterocycles. The van der Waals surface area contributed by atoms with Crippen LogP contribution in [-0.4, -0.2) is 5.21 Å². The van der Waals surface area contributed by atoms with Crippen LogP contribution in [0.4, 0.5) is 5.69 Å². The van der Waals surface area contributed by atoms with E-state index in [1.54, 1.807) is 12.1 Å². The number of nitrogens with two attached hydrogens (primary N) is 1. The van der Waals surface area contributed by atoms with Gasteiger partial charge in [-0.2, -0.15) is 5.90 Å². The summed E-state index contributed by atoms with van der Waals surface area (Å²) in [7, 11) is 0. The molecule has 60 valence electrons. The van der Waals surface area contributed by atoms with Crippen LogP contribution < -0.4 is 16.0 Å². The quantitative estimate of drug-likeness (QED) is 0.612. The normalized spacial score (nSPS) is 9.36. The van der Waals surface area contributed by atoms with Crippen molar-refractivity contribution < 1.29 is 10.0 Å². The average Bonchev–Trinajstić information content (AvgIpc) is 2.04. The first-order chi connectivity index (χ1) is 5.25. The minimum atomic E-state index is -0.303. The van der Waals surface area contributed by atoms with Crippen LogP contribution >= 0.6 is 0 Å². The average molecular weight is 155 g/mol. The van der Waals surface area contributed by atoms with Crippen LogP contribution in [0.5, 0.6) is 5.75 Å². The third kappa shape index (κ3) is 1.58. The van der Waals surface area contributed by atoms with E-state index < -0.39 is 0 Å². The van der Waals surface area contributed by atoms with Crippen molar-refractivity contribution in [2.45, 2.75) is 0 Å². The van der Waals surface area contributed by atoms with Crippen molar-refractivity contribution in [3.8, 4) is 5.75 Å². The Bertz CT molecular complexity index is 239. The van der Waals surface area contributed by atoms with Gasteiger partial charge in [-0.25, -0.2) is 0 Å². The molecule has 0 fully saturated rings. The largest absolute Gasteiger partial charge is 0.733 e. The third-order valence-electron chi connectivity index (χ3n) is 1.20. The zero-order valence-corrected chi connectivity index (χ0v) is 5.60.